The lowest BCUT2D eigenvalue weighted by molar-refractivity contribution is 0.0951. The van der Waals surface area contributed by atoms with Crippen molar-refractivity contribution in [2.45, 2.75) is 19.1 Å². The van der Waals surface area contributed by atoms with Gasteiger partial charge in [0, 0.05) is 56.0 Å². The van der Waals surface area contributed by atoms with Gasteiger partial charge in [-0.3, -0.25) is 9.78 Å². The number of methoxy groups -OCH3 is 1. The molecule has 1 fully saturated rings. The first-order chi connectivity index (χ1) is 13.7. The van der Waals surface area contributed by atoms with Crippen molar-refractivity contribution in [3.8, 4) is 11.1 Å². The van der Waals surface area contributed by atoms with Gasteiger partial charge in [-0.15, -0.1) is 0 Å². The molecule has 1 atom stereocenters. The van der Waals surface area contributed by atoms with Crippen LogP contribution >= 0.6 is 11.3 Å². The highest BCUT2D eigenvalue weighted by Crippen LogP contribution is 2.23. The van der Waals surface area contributed by atoms with Gasteiger partial charge in [-0.05, 0) is 64.7 Å². The van der Waals surface area contributed by atoms with Crippen LogP contribution in [0.2, 0.25) is 0 Å². The fourth-order valence-electron chi connectivity index (χ4n) is 3.43. The molecule has 1 aliphatic heterocycles. The van der Waals surface area contributed by atoms with Crippen LogP contribution in [0.4, 0.5) is 5.69 Å². The number of benzene rings is 1. The number of carbonyl (C=O) groups is 1. The second-order valence-corrected chi connectivity index (χ2v) is 7.70. The molecule has 1 aliphatic rings. The van der Waals surface area contributed by atoms with Crippen molar-refractivity contribution >= 4 is 22.9 Å². The molecule has 1 unspecified atom stereocenters. The van der Waals surface area contributed by atoms with Crippen LogP contribution in [0.3, 0.4) is 0 Å². The number of pyridine rings is 1. The first kappa shape index (κ1) is 18.7. The van der Waals surface area contributed by atoms with Crippen molar-refractivity contribution < 1.29 is 9.53 Å². The molecule has 1 amide bonds. The zero-order valence-corrected chi connectivity index (χ0v) is 16.6. The van der Waals surface area contributed by atoms with Crippen LogP contribution in [-0.2, 0) is 11.3 Å². The van der Waals surface area contributed by atoms with Crippen molar-refractivity contribution in [2.24, 2.45) is 0 Å². The molecule has 144 valence electrons. The second-order valence-electron chi connectivity index (χ2n) is 6.92. The molecule has 1 N–H and O–H groups in total. The lowest BCUT2D eigenvalue weighted by Gasteiger charge is -2.18. The van der Waals surface area contributed by atoms with Gasteiger partial charge < -0.3 is 15.0 Å². The number of carbonyl (C=O) groups excluding carboxylic acids is 1. The van der Waals surface area contributed by atoms with E-state index in [-0.39, 0.29) is 5.91 Å². The van der Waals surface area contributed by atoms with Crippen molar-refractivity contribution in [3.63, 3.8) is 0 Å². The first-order valence-corrected chi connectivity index (χ1v) is 10.3. The molecule has 5 nitrogen and oxygen atoms in total. The number of aromatic nitrogens is 1. The molecule has 0 aliphatic carbocycles. The van der Waals surface area contributed by atoms with E-state index >= 15 is 0 Å². The molecule has 4 rings (SSSR count). The Labute approximate surface area is 169 Å². The van der Waals surface area contributed by atoms with Gasteiger partial charge in [0.1, 0.15) is 0 Å². The molecule has 3 heterocycles. The van der Waals surface area contributed by atoms with E-state index in [0.717, 1.165) is 41.9 Å². The number of ether oxygens (including phenoxy) is 1. The van der Waals surface area contributed by atoms with Crippen LogP contribution in [0, 0.1) is 0 Å². The van der Waals surface area contributed by atoms with Crippen LogP contribution in [0.15, 0.2) is 59.6 Å². The molecule has 1 aromatic carbocycles. The van der Waals surface area contributed by atoms with E-state index in [1.807, 2.05) is 35.8 Å². The fraction of sp³-hybridized carbons (Fsp3) is 0.273. The van der Waals surface area contributed by atoms with E-state index in [9.17, 15) is 4.79 Å². The summed E-state index contributed by atoms with van der Waals surface area (Å²) < 4.78 is 5.42. The highest BCUT2D eigenvalue weighted by atomic mass is 32.1. The monoisotopic (exact) mass is 393 g/mol. The average molecular weight is 394 g/mol. The average Bonchev–Trinajstić information content (AvgIpc) is 3.44. The number of nitrogens with one attached hydrogen (secondary N) is 1. The predicted molar refractivity (Wildman–Crippen MR) is 113 cm³/mol. The predicted octanol–water partition coefficient (Wildman–Crippen LogP) is 3.97. The normalized spacial score (nSPS) is 16.3. The van der Waals surface area contributed by atoms with Gasteiger partial charge in [0.2, 0.25) is 0 Å². The zero-order chi connectivity index (χ0) is 19.3. The highest BCUT2D eigenvalue weighted by molar-refractivity contribution is 7.08. The Bertz CT molecular complexity index is 925. The number of amides is 1. The molecule has 0 bridgehead atoms. The standard InChI is InChI=1S/C22H23N3O2S/c1-27-21-6-8-25(14-21)20-4-2-17(3-5-20)22(26)24-12-16-10-19(13-23-11-16)18-7-9-28-15-18/h2-5,7,9-11,13,15,21H,6,8,12,14H2,1H3,(H,24,26). The molecule has 0 radical (unpaired) electrons. The SMILES string of the molecule is COC1CCN(c2ccc(C(=O)NCc3cncc(-c4ccsc4)c3)cc2)C1. The highest BCUT2D eigenvalue weighted by Gasteiger charge is 2.22. The maximum atomic E-state index is 12.5. The van der Waals surface area contributed by atoms with Crippen molar-refractivity contribution in [1.29, 1.82) is 0 Å². The van der Waals surface area contributed by atoms with Crippen molar-refractivity contribution in [1.82, 2.24) is 10.3 Å². The maximum absolute atomic E-state index is 12.5. The number of rotatable bonds is 6. The third-order valence-electron chi connectivity index (χ3n) is 5.08. The molecular formula is C22H23N3O2S. The van der Waals surface area contributed by atoms with Crippen LogP contribution in [0.5, 0.6) is 0 Å². The summed E-state index contributed by atoms with van der Waals surface area (Å²) in [6.45, 7) is 2.33. The topological polar surface area (TPSA) is 54.5 Å². The lowest BCUT2D eigenvalue weighted by Crippen LogP contribution is -2.24. The Balaban J connectivity index is 1.36. The largest absolute Gasteiger partial charge is 0.380 e. The number of anilines is 1. The Morgan fingerprint density at radius 3 is 2.82 bits per heavy atom. The van der Waals surface area contributed by atoms with E-state index in [2.05, 4.69) is 32.7 Å². The Morgan fingerprint density at radius 1 is 1.25 bits per heavy atom. The van der Waals surface area contributed by atoms with Crippen LogP contribution in [-0.4, -0.2) is 37.2 Å². The van der Waals surface area contributed by atoms with Crippen LogP contribution in [0.25, 0.3) is 11.1 Å². The summed E-state index contributed by atoms with van der Waals surface area (Å²) in [5.74, 6) is -0.0799. The summed E-state index contributed by atoms with van der Waals surface area (Å²) in [5, 5.41) is 7.12. The maximum Gasteiger partial charge on any atom is 0.251 e. The van der Waals surface area contributed by atoms with Gasteiger partial charge in [0.15, 0.2) is 0 Å². The molecule has 28 heavy (non-hydrogen) atoms. The minimum absolute atomic E-state index is 0.0799. The number of hydrogen-bond donors (Lipinski definition) is 1. The number of nitrogens with zero attached hydrogens (tertiary/aromatic N) is 2. The van der Waals surface area contributed by atoms with Gasteiger partial charge in [0.25, 0.3) is 5.91 Å². The van der Waals surface area contributed by atoms with Gasteiger partial charge in [-0.2, -0.15) is 11.3 Å². The summed E-state index contributed by atoms with van der Waals surface area (Å²) in [4.78, 5) is 19.1. The summed E-state index contributed by atoms with van der Waals surface area (Å²) in [5.41, 5.74) is 4.99. The van der Waals surface area contributed by atoms with Gasteiger partial charge in [-0.1, -0.05) is 0 Å². The summed E-state index contributed by atoms with van der Waals surface area (Å²) in [7, 11) is 1.76. The summed E-state index contributed by atoms with van der Waals surface area (Å²) >= 11 is 1.66. The number of hydrogen-bond acceptors (Lipinski definition) is 5. The van der Waals surface area contributed by atoms with Crippen molar-refractivity contribution in [2.75, 3.05) is 25.1 Å². The van der Waals surface area contributed by atoms with E-state index in [4.69, 9.17) is 4.74 Å². The smallest absolute Gasteiger partial charge is 0.251 e. The molecule has 0 saturated carbocycles. The summed E-state index contributed by atoms with van der Waals surface area (Å²) in [6, 6.07) is 11.9. The van der Waals surface area contributed by atoms with Gasteiger partial charge >= 0.3 is 0 Å². The summed E-state index contributed by atoms with van der Waals surface area (Å²) in [6.07, 6.45) is 4.97. The molecule has 0 spiro atoms. The van der Waals surface area contributed by atoms with Gasteiger partial charge in [-0.25, -0.2) is 0 Å². The number of thiophene rings is 1. The van der Waals surface area contributed by atoms with Crippen LogP contribution in [0.1, 0.15) is 22.3 Å². The minimum atomic E-state index is -0.0799. The van der Waals surface area contributed by atoms with Gasteiger partial charge in [0.05, 0.1) is 6.10 Å². The lowest BCUT2D eigenvalue weighted by atomic mass is 10.1. The Kier molecular flexibility index (Phi) is 5.69. The third kappa shape index (κ3) is 4.24. The molecule has 2 aromatic heterocycles. The van der Waals surface area contributed by atoms with E-state index < -0.39 is 0 Å². The van der Waals surface area contributed by atoms with Crippen molar-refractivity contribution in [3.05, 3.63) is 70.7 Å². The first-order valence-electron chi connectivity index (χ1n) is 9.35. The fourth-order valence-corrected chi connectivity index (χ4v) is 4.10. The molecule has 1 saturated heterocycles. The minimum Gasteiger partial charge on any atom is -0.380 e. The molecule has 6 heteroatoms. The third-order valence-corrected chi connectivity index (χ3v) is 5.76. The van der Waals surface area contributed by atoms with E-state index in [1.54, 1.807) is 24.6 Å². The Morgan fingerprint density at radius 2 is 2.11 bits per heavy atom. The van der Waals surface area contributed by atoms with Crippen LogP contribution < -0.4 is 10.2 Å². The quantitative estimate of drug-likeness (QED) is 0.689. The molecular weight excluding hydrogens is 370 g/mol. The zero-order valence-electron chi connectivity index (χ0n) is 15.8. The molecule has 3 aromatic rings. The second kappa shape index (κ2) is 8.54. The van der Waals surface area contributed by atoms with E-state index in [0.29, 0.717) is 18.2 Å². The Hall–Kier alpha value is -2.70. The van der Waals surface area contributed by atoms with E-state index in [1.165, 1.54) is 0 Å².